The largest absolute Gasteiger partial charge is 0.484 e. The number of hydrogen-bond acceptors (Lipinski definition) is 24. The van der Waals surface area contributed by atoms with Crippen LogP contribution in [0.25, 0.3) is 0 Å². The van der Waals surface area contributed by atoms with Crippen LogP contribution in [0.2, 0.25) is 0 Å². The van der Waals surface area contributed by atoms with Crippen LogP contribution in [0.4, 0.5) is 45.5 Å². The highest BCUT2D eigenvalue weighted by atomic mass is 16.7. The van der Waals surface area contributed by atoms with Crippen molar-refractivity contribution in [3.8, 4) is 23.0 Å². The number of para-hydroxylation sites is 4. The summed E-state index contributed by atoms with van der Waals surface area (Å²) in [5, 5.41) is 88.0. The molecule has 0 aliphatic rings. The van der Waals surface area contributed by atoms with Crippen molar-refractivity contribution < 1.29 is 82.8 Å². The standard InChI is InChI=1S/2C18H18N4O12.H2O/c2*23-19(24)13-3-1-5-15(17(13)21(27)28)33-11-9-31-7-8-32-10-12-34-16-6-2-4-14(20(25)26)18(16)22(29)30;/h2*1-6H,7-12H2;1H2. The first-order valence-corrected chi connectivity index (χ1v) is 19.0. The first-order valence-electron chi connectivity index (χ1n) is 19.0. The van der Waals surface area contributed by atoms with Crippen molar-refractivity contribution >= 4 is 45.5 Å². The number of ether oxygens (including phenoxy) is 8. The van der Waals surface area contributed by atoms with Crippen LogP contribution in [0.1, 0.15) is 0 Å². The van der Waals surface area contributed by atoms with Crippen molar-refractivity contribution in [2.45, 2.75) is 0 Å². The second-order valence-electron chi connectivity index (χ2n) is 12.4. The molecule has 0 aliphatic heterocycles. The highest BCUT2D eigenvalue weighted by molar-refractivity contribution is 5.63. The quantitative estimate of drug-likeness (QED) is 0.0384. The first-order chi connectivity index (χ1) is 32.5. The van der Waals surface area contributed by atoms with Gasteiger partial charge in [-0.05, 0) is 24.3 Å². The first kappa shape index (κ1) is 56.2. The molecule has 33 nitrogen and oxygen atoms in total. The molecule has 4 rings (SSSR count). The van der Waals surface area contributed by atoms with Crippen LogP contribution < -0.4 is 18.9 Å². The summed E-state index contributed by atoms with van der Waals surface area (Å²) in [6.07, 6.45) is 0. The van der Waals surface area contributed by atoms with Crippen molar-refractivity contribution in [3.05, 3.63) is 154 Å². The number of rotatable bonds is 30. The second kappa shape index (κ2) is 28.9. The van der Waals surface area contributed by atoms with Gasteiger partial charge in [0.1, 0.15) is 26.4 Å². The summed E-state index contributed by atoms with van der Waals surface area (Å²) < 4.78 is 41.8. The Morgan fingerprint density at radius 2 is 0.449 bits per heavy atom. The molecule has 0 unspecified atom stereocenters. The van der Waals surface area contributed by atoms with Crippen molar-refractivity contribution in [1.82, 2.24) is 0 Å². The normalized spacial score (nSPS) is 10.3. The molecule has 0 spiro atoms. The molecule has 0 radical (unpaired) electrons. The molecule has 0 amide bonds. The molecule has 0 aromatic heterocycles. The van der Waals surface area contributed by atoms with E-state index in [1.54, 1.807) is 0 Å². The zero-order valence-corrected chi connectivity index (χ0v) is 35.3. The summed E-state index contributed by atoms with van der Waals surface area (Å²) in [5.74, 6) is -1.03. The van der Waals surface area contributed by atoms with Crippen molar-refractivity contribution in [2.75, 3.05) is 79.3 Å². The summed E-state index contributed by atoms with van der Waals surface area (Å²) in [4.78, 5) is 80.9. The van der Waals surface area contributed by atoms with Gasteiger partial charge in [0.25, 0.3) is 0 Å². The van der Waals surface area contributed by atoms with Gasteiger partial charge in [0, 0.05) is 24.3 Å². The highest BCUT2D eigenvalue weighted by Crippen LogP contribution is 2.39. The van der Waals surface area contributed by atoms with Crippen molar-refractivity contribution in [3.63, 3.8) is 0 Å². The van der Waals surface area contributed by atoms with E-state index in [0.29, 0.717) is 0 Å². The number of nitro benzene ring substituents is 8. The lowest BCUT2D eigenvalue weighted by molar-refractivity contribution is -0.423. The minimum atomic E-state index is -0.896. The van der Waals surface area contributed by atoms with Gasteiger partial charge in [-0.3, -0.25) is 80.9 Å². The third kappa shape index (κ3) is 17.4. The molecular formula is C36H38N8O25. The van der Waals surface area contributed by atoms with Gasteiger partial charge in [-0.2, -0.15) is 0 Å². The third-order valence-corrected chi connectivity index (χ3v) is 8.11. The van der Waals surface area contributed by atoms with E-state index in [-0.39, 0.29) is 108 Å². The molecule has 0 heterocycles. The SMILES string of the molecule is O.O=[N+]([O-])c1cccc(OCCOCCOCCOc2cccc([N+](=O)[O-])c2[N+](=O)[O-])c1[N+](=O)[O-].O=[N+]([O-])c1cccc(OCCOCCOCCOc2cccc([N+](=O)[O-])c2[N+](=O)[O-])c1[N+](=O)[O-]. The van der Waals surface area contributed by atoms with Gasteiger partial charge in [-0.1, -0.05) is 24.3 Å². The predicted molar refractivity (Wildman–Crippen MR) is 228 cm³/mol. The predicted octanol–water partition coefficient (Wildman–Crippen LogP) is 4.80. The monoisotopic (exact) mass is 982 g/mol. The van der Waals surface area contributed by atoms with Gasteiger partial charge in [0.15, 0.2) is 0 Å². The minimum Gasteiger partial charge on any atom is -0.484 e. The van der Waals surface area contributed by atoms with E-state index in [4.69, 9.17) is 37.9 Å². The molecule has 372 valence electrons. The maximum atomic E-state index is 11.1. The van der Waals surface area contributed by atoms with E-state index in [0.717, 1.165) is 24.3 Å². The topological polar surface area (TPSA) is 450 Å². The number of hydrogen-bond donors (Lipinski definition) is 0. The van der Waals surface area contributed by atoms with E-state index < -0.39 is 84.9 Å². The lowest BCUT2D eigenvalue weighted by atomic mass is 10.2. The molecule has 69 heavy (non-hydrogen) atoms. The Labute approximate surface area is 384 Å². The van der Waals surface area contributed by atoms with Crippen molar-refractivity contribution in [2.24, 2.45) is 0 Å². The van der Waals surface area contributed by atoms with Crippen LogP contribution in [0.15, 0.2) is 72.8 Å². The number of benzene rings is 4. The molecule has 0 saturated heterocycles. The smallest absolute Gasteiger partial charge is 0.387 e. The summed E-state index contributed by atoms with van der Waals surface area (Å²) in [7, 11) is 0. The van der Waals surface area contributed by atoms with E-state index in [1.165, 1.54) is 48.5 Å². The summed E-state index contributed by atoms with van der Waals surface area (Å²) in [6.45, 7) is 0.0496. The van der Waals surface area contributed by atoms with E-state index in [9.17, 15) is 80.9 Å². The van der Waals surface area contributed by atoms with Crippen LogP contribution in [-0.2, 0) is 18.9 Å². The van der Waals surface area contributed by atoms with Gasteiger partial charge in [0.05, 0.1) is 92.2 Å². The Morgan fingerprint density at radius 3 is 0.609 bits per heavy atom. The molecule has 2 N–H and O–H groups in total. The Hall–Kier alpha value is -8.92. The van der Waals surface area contributed by atoms with Crippen molar-refractivity contribution in [1.29, 1.82) is 0 Å². The van der Waals surface area contributed by atoms with Gasteiger partial charge in [0.2, 0.25) is 23.0 Å². The lowest BCUT2D eigenvalue weighted by Crippen LogP contribution is -2.14. The van der Waals surface area contributed by atoms with Gasteiger partial charge in [-0.15, -0.1) is 0 Å². The molecule has 4 aromatic rings. The molecule has 4 aromatic carbocycles. The zero-order chi connectivity index (χ0) is 50.2. The fraction of sp³-hybridized carbons (Fsp3) is 0.333. The average molecular weight is 983 g/mol. The Bertz CT molecular complexity index is 2120. The molecule has 0 atom stereocenters. The van der Waals surface area contributed by atoms with Gasteiger partial charge >= 0.3 is 45.5 Å². The van der Waals surface area contributed by atoms with Crippen LogP contribution in [0, 0.1) is 80.9 Å². The van der Waals surface area contributed by atoms with Crippen LogP contribution in [-0.4, -0.2) is 124 Å². The average Bonchev–Trinajstić information content (AvgIpc) is 3.29. The minimum absolute atomic E-state index is 0. The van der Waals surface area contributed by atoms with Crippen LogP contribution in [0.3, 0.4) is 0 Å². The maximum Gasteiger partial charge on any atom is 0.387 e. The van der Waals surface area contributed by atoms with Crippen LogP contribution in [0.5, 0.6) is 23.0 Å². The highest BCUT2D eigenvalue weighted by Gasteiger charge is 2.32. The Kier molecular flexibility index (Phi) is 23.5. The molecule has 0 saturated carbocycles. The van der Waals surface area contributed by atoms with Gasteiger partial charge < -0.3 is 43.4 Å². The van der Waals surface area contributed by atoms with E-state index >= 15 is 0 Å². The number of nitrogens with zero attached hydrogens (tertiary/aromatic N) is 8. The van der Waals surface area contributed by atoms with Crippen LogP contribution >= 0.6 is 0 Å². The molecular weight excluding hydrogens is 944 g/mol. The summed E-state index contributed by atoms with van der Waals surface area (Å²) in [5.41, 5.74) is -5.74. The Morgan fingerprint density at radius 1 is 0.275 bits per heavy atom. The van der Waals surface area contributed by atoms with Gasteiger partial charge in [-0.25, -0.2) is 0 Å². The fourth-order valence-corrected chi connectivity index (χ4v) is 5.32. The second-order valence-corrected chi connectivity index (χ2v) is 12.4. The molecule has 0 fully saturated rings. The van der Waals surface area contributed by atoms with E-state index in [1.807, 2.05) is 0 Å². The Balaban J connectivity index is 0.000000467. The maximum absolute atomic E-state index is 11.1. The molecule has 33 heteroatoms. The summed E-state index contributed by atoms with van der Waals surface area (Å²) in [6, 6.07) is 14.0. The fourth-order valence-electron chi connectivity index (χ4n) is 5.32. The lowest BCUT2D eigenvalue weighted by Gasteiger charge is -2.09. The molecule has 0 aliphatic carbocycles. The molecule has 0 bridgehead atoms. The summed E-state index contributed by atoms with van der Waals surface area (Å²) >= 11 is 0. The van der Waals surface area contributed by atoms with E-state index in [2.05, 4.69) is 0 Å². The number of nitro groups is 8. The zero-order valence-electron chi connectivity index (χ0n) is 35.3. The third-order valence-electron chi connectivity index (χ3n) is 8.11.